The highest BCUT2D eigenvalue weighted by molar-refractivity contribution is 6.06. The van der Waals surface area contributed by atoms with Gasteiger partial charge in [0.15, 0.2) is 11.4 Å². The Labute approximate surface area is 229 Å². The summed E-state index contributed by atoms with van der Waals surface area (Å²) in [7, 11) is 1.57. The van der Waals surface area contributed by atoms with Gasteiger partial charge in [-0.3, -0.25) is 4.79 Å². The first-order valence-corrected chi connectivity index (χ1v) is 13.0. The van der Waals surface area contributed by atoms with E-state index in [0.29, 0.717) is 52.9 Å². The molecule has 2 atom stereocenters. The molecule has 202 valence electrons. The Bertz CT molecular complexity index is 1730. The number of carboxylic acid groups (broad SMARTS) is 1. The number of ether oxygens (including phenoxy) is 1. The summed E-state index contributed by atoms with van der Waals surface area (Å²) in [6.45, 7) is 2.13. The van der Waals surface area contributed by atoms with Crippen molar-refractivity contribution in [3.8, 4) is 17.0 Å². The van der Waals surface area contributed by atoms with Crippen LogP contribution in [-0.4, -0.2) is 51.6 Å². The highest BCUT2D eigenvalue weighted by Crippen LogP contribution is 2.38. The number of aliphatic carboxylic acids is 1. The molecule has 1 fully saturated rings. The van der Waals surface area contributed by atoms with Crippen molar-refractivity contribution in [1.29, 1.82) is 0 Å². The molecule has 1 saturated heterocycles. The van der Waals surface area contributed by atoms with Gasteiger partial charge < -0.3 is 24.5 Å². The zero-order valence-corrected chi connectivity index (χ0v) is 22.0. The average Bonchev–Trinajstić information content (AvgIpc) is 3.55. The Morgan fingerprint density at radius 3 is 2.67 bits per heavy atom. The minimum absolute atomic E-state index is 0.172. The van der Waals surface area contributed by atoms with Crippen LogP contribution >= 0.6 is 0 Å². The van der Waals surface area contributed by atoms with E-state index in [2.05, 4.69) is 20.3 Å². The number of carbonyl (C=O) groups is 2. The van der Waals surface area contributed by atoms with E-state index in [1.54, 1.807) is 25.1 Å². The minimum Gasteiger partial charge on any atom is -0.481 e. The number of amides is 1. The zero-order valence-electron chi connectivity index (χ0n) is 22.0. The standard InChI is InChI=1S/C30H27N5O5/c1-17-32-26-22-6-3-4-8-24(22)40-27(26)28(33-17)35-16-18(14-23(35)30(37)38)15-25(36)34-20-11-9-19(10-12-20)21-7-5-13-31-29(21)39-2/h3-13,18,23H,14-16H2,1-2H3,(H,34,36)(H,37,38). The molecule has 5 aromatic rings. The van der Waals surface area contributed by atoms with Crippen LogP contribution in [0, 0.1) is 12.8 Å². The van der Waals surface area contributed by atoms with Crippen LogP contribution < -0.4 is 15.0 Å². The number of hydrogen-bond donors (Lipinski definition) is 2. The van der Waals surface area contributed by atoms with Gasteiger partial charge in [0, 0.05) is 35.8 Å². The topological polar surface area (TPSA) is 131 Å². The maximum absolute atomic E-state index is 13.0. The van der Waals surface area contributed by atoms with Gasteiger partial charge in [-0.1, -0.05) is 24.3 Å². The zero-order chi connectivity index (χ0) is 27.8. The fraction of sp³-hybridized carbons (Fsp3) is 0.233. The molecule has 2 aromatic carbocycles. The maximum atomic E-state index is 13.0. The lowest BCUT2D eigenvalue weighted by Gasteiger charge is -2.22. The van der Waals surface area contributed by atoms with E-state index in [1.807, 2.05) is 60.7 Å². The van der Waals surface area contributed by atoms with Crippen molar-refractivity contribution in [2.75, 3.05) is 23.9 Å². The second kappa shape index (κ2) is 10.3. The third-order valence-corrected chi connectivity index (χ3v) is 7.18. The number of aromatic nitrogens is 3. The Morgan fingerprint density at radius 2 is 1.90 bits per heavy atom. The lowest BCUT2D eigenvalue weighted by molar-refractivity contribution is -0.138. The molecule has 3 aromatic heterocycles. The van der Waals surface area contributed by atoms with Gasteiger partial charge >= 0.3 is 5.97 Å². The summed E-state index contributed by atoms with van der Waals surface area (Å²) >= 11 is 0. The maximum Gasteiger partial charge on any atom is 0.326 e. The van der Waals surface area contributed by atoms with Gasteiger partial charge in [-0.05, 0) is 61.2 Å². The number of methoxy groups -OCH3 is 1. The first-order chi connectivity index (χ1) is 19.4. The number of fused-ring (bicyclic) bond motifs is 3. The summed E-state index contributed by atoms with van der Waals surface area (Å²) in [5.41, 5.74) is 4.18. The minimum atomic E-state index is -0.968. The molecule has 0 bridgehead atoms. The third kappa shape index (κ3) is 4.68. The number of nitrogens with one attached hydrogen (secondary N) is 1. The van der Waals surface area contributed by atoms with Gasteiger partial charge in [-0.15, -0.1) is 0 Å². The van der Waals surface area contributed by atoms with Gasteiger partial charge in [0.25, 0.3) is 0 Å². The molecule has 0 radical (unpaired) electrons. The lowest BCUT2D eigenvalue weighted by atomic mass is 10.0. The van der Waals surface area contributed by atoms with Crippen molar-refractivity contribution in [2.45, 2.75) is 25.8 Å². The van der Waals surface area contributed by atoms with Crippen LogP contribution in [0.15, 0.2) is 71.3 Å². The van der Waals surface area contributed by atoms with E-state index in [9.17, 15) is 14.7 Å². The van der Waals surface area contributed by atoms with Gasteiger partial charge in [-0.2, -0.15) is 0 Å². The van der Waals surface area contributed by atoms with Crippen molar-refractivity contribution in [2.24, 2.45) is 5.92 Å². The monoisotopic (exact) mass is 537 g/mol. The van der Waals surface area contributed by atoms with Crippen molar-refractivity contribution >= 4 is 45.5 Å². The van der Waals surface area contributed by atoms with Crippen LogP contribution in [0.3, 0.4) is 0 Å². The molecule has 0 saturated carbocycles. The SMILES string of the molecule is COc1ncccc1-c1ccc(NC(=O)CC2CC(C(=O)O)N(c3nc(C)nc4c3oc3ccccc34)C2)cc1. The predicted molar refractivity (Wildman–Crippen MR) is 150 cm³/mol. The molecule has 1 amide bonds. The first-order valence-electron chi connectivity index (χ1n) is 13.0. The van der Waals surface area contributed by atoms with Crippen molar-refractivity contribution < 1.29 is 23.8 Å². The predicted octanol–water partition coefficient (Wildman–Crippen LogP) is 5.06. The normalized spacial score (nSPS) is 16.9. The number of hydrogen-bond acceptors (Lipinski definition) is 8. The highest BCUT2D eigenvalue weighted by atomic mass is 16.5. The van der Waals surface area contributed by atoms with E-state index < -0.39 is 12.0 Å². The van der Waals surface area contributed by atoms with E-state index >= 15 is 0 Å². The molecule has 40 heavy (non-hydrogen) atoms. The van der Waals surface area contributed by atoms with Crippen molar-refractivity contribution in [3.63, 3.8) is 0 Å². The lowest BCUT2D eigenvalue weighted by Crippen LogP contribution is -2.36. The highest BCUT2D eigenvalue weighted by Gasteiger charge is 2.40. The number of furan rings is 1. The number of benzene rings is 2. The van der Waals surface area contributed by atoms with Gasteiger partial charge in [0.05, 0.1) is 7.11 Å². The number of carbonyl (C=O) groups excluding carboxylic acids is 1. The second-order valence-corrected chi connectivity index (χ2v) is 9.87. The molecular formula is C30H27N5O5. The fourth-order valence-corrected chi connectivity index (χ4v) is 5.40. The Hall–Kier alpha value is -4.99. The second-order valence-electron chi connectivity index (χ2n) is 9.87. The van der Waals surface area contributed by atoms with E-state index in [0.717, 1.165) is 16.5 Å². The van der Waals surface area contributed by atoms with E-state index in [4.69, 9.17) is 9.15 Å². The number of anilines is 2. The number of carboxylic acids is 1. The van der Waals surface area contributed by atoms with Crippen LogP contribution in [0.4, 0.5) is 11.5 Å². The van der Waals surface area contributed by atoms with Crippen LogP contribution in [0.25, 0.3) is 33.2 Å². The van der Waals surface area contributed by atoms with Gasteiger partial charge in [0.2, 0.25) is 11.8 Å². The summed E-state index contributed by atoms with van der Waals surface area (Å²) in [5.74, 6) is 0.147. The summed E-state index contributed by atoms with van der Waals surface area (Å²) in [5, 5.41) is 13.8. The van der Waals surface area contributed by atoms with Crippen molar-refractivity contribution in [1.82, 2.24) is 15.0 Å². The van der Waals surface area contributed by atoms with E-state index in [-0.39, 0.29) is 18.2 Å². The number of aryl methyl sites for hydroxylation is 1. The number of para-hydroxylation sites is 1. The van der Waals surface area contributed by atoms with Gasteiger partial charge in [-0.25, -0.2) is 19.7 Å². The van der Waals surface area contributed by atoms with Crippen LogP contribution in [-0.2, 0) is 9.59 Å². The molecule has 1 aliphatic rings. The fourth-order valence-electron chi connectivity index (χ4n) is 5.40. The number of rotatable bonds is 7. The summed E-state index contributed by atoms with van der Waals surface area (Å²) < 4.78 is 11.4. The third-order valence-electron chi connectivity index (χ3n) is 7.18. The molecule has 1 aliphatic heterocycles. The Kier molecular flexibility index (Phi) is 6.51. The molecule has 0 spiro atoms. The largest absolute Gasteiger partial charge is 0.481 e. The molecule has 10 nitrogen and oxygen atoms in total. The molecule has 4 heterocycles. The summed E-state index contributed by atoms with van der Waals surface area (Å²) in [4.78, 5) is 40.3. The average molecular weight is 538 g/mol. The number of nitrogens with zero attached hydrogens (tertiary/aromatic N) is 4. The molecule has 2 N–H and O–H groups in total. The van der Waals surface area contributed by atoms with Crippen molar-refractivity contribution in [3.05, 3.63) is 72.7 Å². The Balaban J connectivity index is 1.19. The van der Waals surface area contributed by atoms with E-state index in [1.165, 1.54) is 0 Å². The van der Waals surface area contributed by atoms with Crippen LogP contribution in [0.1, 0.15) is 18.7 Å². The molecule has 0 aliphatic carbocycles. The number of pyridine rings is 1. The smallest absolute Gasteiger partial charge is 0.326 e. The van der Waals surface area contributed by atoms with Gasteiger partial charge in [0.1, 0.15) is 23.0 Å². The first kappa shape index (κ1) is 25.3. The molecule has 2 unspecified atom stereocenters. The van der Waals surface area contributed by atoms with Crippen LogP contribution in [0.5, 0.6) is 5.88 Å². The summed E-state index contributed by atoms with van der Waals surface area (Å²) in [6, 6.07) is 17.9. The summed E-state index contributed by atoms with van der Waals surface area (Å²) in [6.07, 6.45) is 2.15. The molecule has 6 rings (SSSR count). The quantitative estimate of drug-likeness (QED) is 0.292. The molecular weight excluding hydrogens is 510 g/mol. The molecule has 10 heteroatoms. The Morgan fingerprint density at radius 1 is 1.10 bits per heavy atom. The van der Waals surface area contributed by atoms with Crippen LogP contribution in [0.2, 0.25) is 0 Å².